The number of hydrogen-bond acceptors (Lipinski definition) is 2. The molecule has 0 aromatic rings. The molecule has 3 saturated carbocycles. The van der Waals surface area contributed by atoms with Gasteiger partial charge in [0, 0.05) is 5.54 Å². The van der Waals surface area contributed by atoms with E-state index in [1.807, 2.05) is 0 Å². The molecule has 0 aliphatic heterocycles. The third-order valence-electron chi connectivity index (χ3n) is 2.84. The van der Waals surface area contributed by atoms with Gasteiger partial charge in [0.2, 0.25) is 5.91 Å². The average Bonchev–Trinajstić information content (AvgIpc) is 1.82. The highest BCUT2D eigenvalue weighted by atomic mass is 16.3. The molecule has 3 aliphatic carbocycles. The van der Waals surface area contributed by atoms with Crippen molar-refractivity contribution in [3.63, 3.8) is 0 Å². The zero-order chi connectivity index (χ0) is 8.11. The number of carbonyl (C=O) groups excluding carboxylic acids is 1. The number of carbonyl (C=O) groups is 1. The third kappa shape index (κ3) is 0.872. The molecule has 3 aliphatic rings. The van der Waals surface area contributed by atoms with Crippen molar-refractivity contribution < 1.29 is 9.90 Å². The number of aliphatic hydroxyl groups is 1. The quantitative estimate of drug-likeness (QED) is 0.591. The van der Waals surface area contributed by atoms with Crippen molar-refractivity contribution in [3.05, 3.63) is 0 Å². The molecular weight excluding hydrogens is 142 g/mol. The van der Waals surface area contributed by atoms with Crippen molar-refractivity contribution in [1.82, 2.24) is 5.32 Å². The van der Waals surface area contributed by atoms with Gasteiger partial charge < -0.3 is 10.4 Å². The molecule has 0 saturated heterocycles. The molecule has 0 spiro atoms. The summed E-state index contributed by atoms with van der Waals surface area (Å²) in [5.74, 6) is -0.230. The summed E-state index contributed by atoms with van der Waals surface area (Å²) < 4.78 is 0. The molecule has 0 heterocycles. The molecule has 1 amide bonds. The lowest BCUT2D eigenvalue weighted by Crippen LogP contribution is -2.73. The summed E-state index contributed by atoms with van der Waals surface area (Å²) >= 11 is 0. The van der Waals surface area contributed by atoms with Crippen LogP contribution in [0.25, 0.3) is 0 Å². The highest BCUT2D eigenvalue weighted by Gasteiger charge is 2.65. The molecule has 2 N–H and O–H groups in total. The molecule has 0 aromatic carbocycles. The number of hydrogen-bond donors (Lipinski definition) is 2. The van der Waals surface area contributed by atoms with E-state index in [4.69, 9.17) is 5.11 Å². The zero-order valence-electron chi connectivity index (χ0n) is 6.68. The SMILES string of the molecule is CC12CC(NC(=O)CO)(C1)C2. The lowest BCUT2D eigenvalue weighted by Gasteiger charge is -2.69. The summed E-state index contributed by atoms with van der Waals surface area (Å²) in [5, 5.41) is 11.3. The standard InChI is InChI=1S/C8H13NO2/c1-7-3-8(4-7,5-7)9-6(11)2-10/h10H,2-5H2,1H3,(H,9,11). The van der Waals surface area contributed by atoms with Crippen LogP contribution in [0.3, 0.4) is 0 Å². The molecular formula is C8H13NO2. The van der Waals surface area contributed by atoms with Gasteiger partial charge in [0.05, 0.1) is 0 Å². The molecule has 11 heavy (non-hydrogen) atoms. The van der Waals surface area contributed by atoms with E-state index >= 15 is 0 Å². The lowest BCUT2D eigenvalue weighted by atomic mass is 9.40. The number of rotatable bonds is 2. The Morgan fingerprint density at radius 2 is 2.09 bits per heavy atom. The van der Waals surface area contributed by atoms with Crippen molar-refractivity contribution in [2.24, 2.45) is 5.41 Å². The smallest absolute Gasteiger partial charge is 0.246 e. The van der Waals surface area contributed by atoms with E-state index in [2.05, 4.69) is 12.2 Å². The Hall–Kier alpha value is -0.570. The van der Waals surface area contributed by atoms with Crippen LogP contribution in [0.2, 0.25) is 0 Å². The van der Waals surface area contributed by atoms with Gasteiger partial charge in [-0.25, -0.2) is 0 Å². The maximum absolute atomic E-state index is 10.8. The Balaban J connectivity index is 1.86. The summed E-state index contributed by atoms with van der Waals surface area (Å²) in [5.41, 5.74) is 0.608. The Morgan fingerprint density at radius 1 is 1.55 bits per heavy atom. The van der Waals surface area contributed by atoms with Gasteiger partial charge in [0.25, 0.3) is 0 Å². The van der Waals surface area contributed by atoms with Gasteiger partial charge >= 0.3 is 0 Å². The van der Waals surface area contributed by atoms with E-state index in [1.54, 1.807) is 0 Å². The molecule has 3 nitrogen and oxygen atoms in total. The largest absolute Gasteiger partial charge is 0.387 e. The van der Waals surface area contributed by atoms with Gasteiger partial charge in [0.15, 0.2) is 0 Å². The van der Waals surface area contributed by atoms with Crippen LogP contribution in [0.1, 0.15) is 26.2 Å². The monoisotopic (exact) mass is 155 g/mol. The molecule has 3 rings (SSSR count). The van der Waals surface area contributed by atoms with Gasteiger partial charge in [-0.15, -0.1) is 0 Å². The predicted molar refractivity (Wildman–Crippen MR) is 39.9 cm³/mol. The van der Waals surface area contributed by atoms with Crippen LogP contribution in [0, 0.1) is 5.41 Å². The first-order chi connectivity index (χ1) is 5.08. The second-order valence-corrected chi connectivity index (χ2v) is 4.33. The number of nitrogens with one attached hydrogen (secondary N) is 1. The van der Waals surface area contributed by atoms with Gasteiger partial charge in [-0.2, -0.15) is 0 Å². The molecule has 2 bridgehead atoms. The highest BCUT2D eigenvalue weighted by molar-refractivity contribution is 5.78. The minimum Gasteiger partial charge on any atom is -0.387 e. The van der Waals surface area contributed by atoms with Gasteiger partial charge in [-0.05, 0) is 24.7 Å². The van der Waals surface area contributed by atoms with Crippen LogP contribution in [-0.2, 0) is 4.79 Å². The van der Waals surface area contributed by atoms with E-state index in [9.17, 15) is 4.79 Å². The van der Waals surface area contributed by atoms with E-state index in [0.717, 1.165) is 19.3 Å². The molecule has 0 aromatic heterocycles. The summed E-state index contributed by atoms with van der Waals surface area (Å²) in [7, 11) is 0. The Kier molecular flexibility index (Phi) is 1.15. The van der Waals surface area contributed by atoms with Crippen LogP contribution in [0.15, 0.2) is 0 Å². The zero-order valence-corrected chi connectivity index (χ0v) is 6.68. The van der Waals surface area contributed by atoms with Gasteiger partial charge in [-0.3, -0.25) is 4.79 Å². The van der Waals surface area contributed by atoms with E-state index in [1.165, 1.54) is 0 Å². The molecule has 0 radical (unpaired) electrons. The fraction of sp³-hybridized carbons (Fsp3) is 0.875. The van der Waals surface area contributed by atoms with Gasteiger partial charge in [0.1, 0.15) is 6.61 Å². The predicted octanol–water partition coefficient (Wildman–Crippen LogP) is 0.0375. The first-order valence-electron chi connectivity index (χ1n) is 4.00. The first kappa shape index (κ1) is 7.10. The Bertz CT molecular complexity index is 192. The molecule has 3 heteroatoms. The van der Waals surface area contributed by atoms with Crippen molar-refractivity contribution in [1.29, 1.82) is 0 Å². The lowest BCUT2D eigenvalue weighted by molar-refractivity contribution is -0.158. The topological polar surface area (TPSA) is 49.3 Å². The molecule has 3 fully saturated rings. The second-order valence-electron chi connectivity index (χ2n) is 4.33. The fourth-order valence-electron chi connectivity index (χ4n) is 2.76. The minimum absolute atomic E-state index is 0.0918. The van der Waals surface area contributed by atoms with Crippen LogP contribution in [-0.4, -0.2) is 23.2 Å². The average molecular weight is 155 g/mol. The van der Waals surface area contributed by atoms with Crippen molar-refractivity contribution in [2.75, 3.05) is 6.61 Å². The first-order valence-corrected chi connectivity index (χ1v) is 4.00. The van der Waals surface area contributed by atoms with Crippen LogP contribution in [0.4, 0.5) is 0 Å². The van der Waals surface area contributed by atoms with Crippen molar-refractivity contribution in [3.8, 4) is 0 Å². The number of aliphatic hydroxyl groups excluding tert-OH is 1. The van der Waals surface area contributed by atoms with Crippen molar-refractivity contribution >= 4 is 5.91 Å². The minimum atomic E-state index is -0.377. The van der Waals surface area contributed by atoms with E-state index in [0.29, 0.717) is 5.41 Å². The van der Waals surface area contributed by atoms with Crippen LogP contribution in [0.5, 0.6) is 0 Å². The summed E-state index contributed by atoms with van der Waals surface area (Å²) in [6.45, 7) is 1.86. The second kappa shape index (κ2) is 1.78. The summed E-state index contributed by atoms with van der Waals surface area (Å²) in [6, 6.07) is 0. The summed E-state index contributed by atoms with van der Waals surface area (Å²) in [6.07, 6.45) is 3.31. The number of amides is 1. The molecule has 0 atom stereocenters. The van der Waals surface area contributed by atoms with Crippen LogP contribution >= 0.6 is 0 Å². The van der Waals surface area contributed by atoms with Gasteiger partial charge in [-0.1, -0.05) is 6.92 Å². The molecule has 0 unspecified atom stereocenters. The van der Waals surface area contributed by atoms with Crippen LogP contribution < -0.4 is 5.32 Å². The maximum atomic E-state index is 10.8. The normalized spacial score (nSPS) is 45.6. The van der Waals surface area contributed by atoms with E-state index < -0.39 is 0 Å². The third-order valence-corrected chi connectivity index (χ3v) is 2.84. The highest BCUT2D eigenvalue weighted by Crippen LogP contribution is 2.66. The van der Waals surface area contributed by atoms with E-state index in [-0.39, 0.29) is 18.1 Å². The summed E-state index contributed by atoms with van der Waals surface area (Å²) in [4.78, 5) is 10.8. The Morgan fingerprint density at radius 3 is 2.45 bits per heavy atom. The van der Waals surface area contributed by atoms with Crippen molar-refractivity contribution in [2.45, 2.75) is 31.7 Å². The molecule has 62 valence electrons. The fourth-order valence-corrected chi connectivity index (χ4v) is 2.76. The Labute approximate surface area is 65.8 Å². The maximum Gasteiger partial charge on any atom is 0.246 e.